The predicted molar refractivity (Wildman–Crippen MR) is 124 cm³/mol. The number of benzene rings is 1. The normalized spacial score (nSPS) is 22.5. The van der Waals surface area contributed by atoms with E-state index in [0.717, 1.165) is 11.4 Å². The molecule has 0 spiro atoms. The maximum absolute atomic E-state index is 12.9. The summed E-state index contributed by atoms with van der Waals surface area (Å²) >= 11 is 0. The first-order chi connectivity index (χ1) is 16.0. The lowest BCUT2D eigenvalue weighted by atomic mass is 9.72. The lowest BCUT2D eigenvalue weighted by Gasteiger charge is -2.32. The van der Waals surface area contributed by atoms with E-state index in [4.69, 9.17) is 0 Å². The molecule has 2 aliphatic rings. The summed E-state index contributed by atoms with van der Waals surface area (Å²) in [4.78, 5) is 17.4. The Kier molecular flexibility index (Phi) is 5.47. The molecule has 7 heteroatoms. The summed E-state index contributed by atoms with van der Waals surface area (Å²) in [6.07, 6.45) is 7.73. The van der Waals surface area contributed by atoms with Crippen molar-refractivity contribution in [2.24, 2.45) is 0 Å². The van der Waals surface area contributed by atoms with Gasteiger partial charge < -0.3 is 10.4 Å². The van der Waals surface area contributed by atoms with Gasteiger partial charge in [0.15, 0.2) is 0 Å². The number of hydrogen-bond donors (Lipinski definition) is 2. The summed E-state index contributed by atoms with van der Waals surface area (Å²) in [5, 5.41) is 26.9. The molecule has 2 aromatic heterocycles. The molecule has 0 bridgehead atoms. The number of nitriles is 1. The number of nitrogens with zero attached hydrogens (tertiary/aromatic N) is 4. The number of amides is 1. The number of rotatable bonds is 5. The van der Waals surface area contributed by atoms with Gasteiger partial charge in [0.25, 0.3) is 5.91 Å². The van der Waals surface area contributed by atoms with Gasteiger partial charge in [0.1, 0.15) is 0 Å². The summed E-state index contributed by atoms with van der Waals surface area (Å²) in [5.41, 5.74) is 4.14. The van der Waals surface area contributed by atoms with Crippen molar-refractivity contribution in [2.75, 3.05) is 5.32 Å². The molecule has 3 aromatic rings. The van der Waals surface area contributed by atoms with Crippen molar-refractivity contribution in [2.45, 2.75) is 62.9 Å². The third kappa shape index (κ3) is 4.14. The van der Waals surface area contributed by atoms with Gasteiger partial charge in [-0.2, -0.15) is 10.4 Å². The summed E-state index contributed by atoms with van der Waals surface area (Å²) in [7, 11) is 0. The van der Waals surface area contributed by atoms with Gasteiger partial charge in [-0.15, -0.1) is 0 Å². The minimum absolute atomic E-state index is 0.251. The average molecular weight is 442 g/mol. The molecule has 2 aliphatic carbocycles. The van der Waals surface area contributed by atoms with Crippen molar-refractivity contribution >= 4 is 11.6 Å². The number of anilines is 1. The first kappa shape index (κ1) is 21.4. The van der Waals surface area contributed by atoms with Gasteiger partial charge in [0.2, 0.25) is 0 Å². The van der Waals surface area contributed by atoms with E-state index in [0.29, 0.717) is 48.5 Å². The highest BCUT2D eigenvalue weighted by Gasteiger charge is 2.38. The third-order valence-corrected chi connectivity index (χ3v) is 6.98. The van der Waals surface area contributed by atoms with Crippen LogP contribution in [0.25, 0.3) is 5.69 Å². The first-order valence-electron chi connectivity index (χ1n) is 11.5. The molecule has 0 radical (unpaired) electrons. The maximum atomic E-state index is 12.9. The molecule has 0 atom stereocenters. The van der Waals surface area contributed by atoms with Crippen LogP contribution in [0.5, 0.6) is 0 Å². The highest BCUT2D eigenvalue weighted by molar-refractivity contribution is 6.04. The Bertz CT molecular complexity index is 1190. The number of aliphatic hydroxyl groups excluding tert-OH is 1. The number of carbonyl (C=O) groups is 1. The smallest absolute Gasteiger partial charge is 0.259 e. The standard InChI is InChI=1S/C26H27N5O2/c1-17-23(15-29-31(17)21-7-4-19(5-8-21)18-2-3-18)25(33)30-20-6-9-24(28-14-20)26(16-27)12-10-22(32)11-13-26/h4-9,14-15,18,22,32H,2-3,10-13H2,1H3,(H,30,33). The van der Waals surface area contributed by atoms with Crippen LogP contribution in [0.1, 0.15) is 71.8 Å². The van der Waals surface area contributed by atoms with Gasteiger partial charge in [-0.25, -0.2) is 4.68 Å². The molecule has 2 N–H and O–H groups in total. The topological polar surface area (TPSA) is 104 Å². The van der Waals surface area contributed by atoms with Gasteiger partial charge in [-0.05, 0) is 81.2 Å². The molecule has 5 rings (SSSR count). The monoisotopic (exact) mass is 441 g/mol. The maximum Gasteiger partial charge on any atom is 0.259 e. The fraction of sp³-hybridized carbons (Fsp3) is 0.385. The van der Waals surface area contributed by atoms with Gasteiger partial charge in [0.05, 0.1) is 58.3 Å². The van der Waals surface area contributed by atoms with E-state index in [9.17, 15) is 15.2 Å². The molecule has 33 heavy (non-hydrogen) atoms. The van der Waals surface area contributed by atoms with Crippen molar-refractivity contribution in [3.8, 4) is 11.8 Å². The van der Waals surface area contributed by atoms with Crippen LogP contribution >= 0.6 is 0 Å². The summed E-state index contributed by atoms with van der Waals surface area (Å²) in [5.74, 6) is 0.450. The minimum Gasteiger partial charge on any atom is -0.393 e. The Morgan fingerprint density at radius 3 is 2.45 bits per heavy atom. The number of hydrogen-bond acceptors (Lipinski definition) is 5. The van der Waals surface area contributed by atoms with Crippen molar-refractivity contribution < 1.29 is 9.90 Å². The summed E-state index contributed by atoms with van der Waals surface area (Å²) in [6, 6.07) is 14.4. The second-order valence-electron chi connectivity index (χ2n) is 9.23. The SMILES string of the molecule is Cc1c(C(=O)Nc2ccc(C3(C#N)CCC(O)CC3)nc2)cnn1-c1ccc(C2CC2)cc1. The number of pyridine rings is 1. The molecule has 7 nitrogen and oxygen atoms in total. The quantitative estimate of drug-likeness (QED) is 0.611. The molecule has 1 aromatic carbocycles. The lowest BCUT2D eigenvalue weighted by molar-refractivity contribution is 0.102. The molecule has 2 saturated carbocycles. The number of nitrogens with one attached hydrogen (secondary N) is 1. The highest BCUT2D eigenvalue weighted by atomic mass is 16.3. The van der Waals surface area contributed by atoms with E-state index in [1.807, 2.05) is 19.1 Å². The second-order valence-corrected chi connectivity index (χ2v) is 9.23. The molecule has 1 amide bonds. The Hall–Kier alpha value is -3.50. The lowest BCUT2D eigenvalue weighted by Crippen LogP contribution is -2.33. The van der Waals surface area contributed by atoms with Crippen molar-refractivity contribution in [3.63, 3.8) is 0 Å². The summed E-state index contributed by atoms with van der Waals surface area (Å²) < 4.78 is 1.78. The van der Waals surface area contributed by atoms with E-state index < -0.39 is 5.41 Å². The molecule has 168 valence electrons. The number of aliphatic hydroxyl groups is 1. The zero-order valence-electron chi connectivity index (χ0n) is 18.7. The largest absolute Gasteiger partial charge is 0.393 e. The van der Waals surface area contributed by atoms with Crippen LogP contribution in [0.15, 0.2) is 48.8 Å². The zero-order valence-corrected chi connectivity index (χ0v) is 18.7. The Balaban J connectivity index is 1.29. The van der Waals surface area contributed by atoms with Crippen LogP contribution in [0, 0.1) is 18.3 Å². The van der Waals surface area contributed by atoms with Gasteiger partial charge in [-0.3, -0.25) is 9.78 Å². The van der Waals surface area contributed by atoms with Crippen molar-refractivity contribution in [1.29, 1.82) is 5.26 Å². The van der Waals surface area contributed by atoms with Crippen LogP contribution < -0.4 is 5.32 Å². The van der Waals surface area contributed by atoms with Crippen LogP contribution in [-0.2, 0) is 5.41 Å². The number of carbonyl (C=O) groups excluding carboxylic acids is 1. The van der Waals surface area contributed by atoms with Gasteiger partial charge in [-0.1, -0.05) is 12.1 Å². The average Bonchev–Trinajstić information content (AvgIpc) is 3.62. The van der Waals surface area contributed by atoms with Crippen LogP contribution in [-0.4, -0.2) is 31.9 Å². The molecular weight excluding hydrogens is 414 g/mol. The van der Waals surface area contributed by atoms with E-state index in [1.165, 1.54) is 18.4 Å². The van der Waals surface area contributed by atoms with Crippen molar-refractivity contribution in [3.05, 3.63) is 71.3 Å². The first-order valence-corrected chi connectivity index (χ1v) is 11.5. The molecule has 2 heterocycles. The predicted octanol–water partition coefficient (Wildman–Crippen LogP) is 4.40. The van der Waals surface area contributed by atoms with Gasteiger partial charge >= 0.3 is 0 Å². The van der Waals surface area contributed by atoms with Crippen LogP contribution in [0.4, 0.5) is 5.69 Å². The van der Waals surface area contributed by atoms with Crippen molar-refractivity contribution in [1.82, 2.24) is 14.8 Å². The highest BCUT2D eigenvalue weighted by Crippen LogP contribution is 2.40. The molecule has 0 saturated heterocycles. The summed E-state index contributed by atoms with van der Waals surface area (Å²) in [6.45, 7) is 1.88. The van der Waals surface area contributed by atoms with Gasteiger partial charge in [0, 0.05) is 0 Å². The zero-order chi connectivity index (χ0) is 23.0. The van der Waals surface area contributed by atoms with Crippen LogP contribution in [0.3, 0.4) is 0 Å². The fourth-order valence-electron chi connectivity index (χ4n) is 4.67. The second kappa shape index (κ2) is 8.45. The Morgan fingerprint density at radius 1 is 1.12 bits per heavy atom. The van der Waals surface area contributed by atoms with E-state index in [1.54, 1.807) is 29.2 Å². The van der Waals surface area contributed by atoms with E-state index in [-0.39, 0.29) is 12.0 Å². The Labute approximate surface area is 193 Å². The number of aromatic nitrogens is 3. The van der Waals surface area contributed by atoms with Crippen LogP contribution in [0.2, 0.25) is 0 Å². The molecule has 0 aliphatic heterocycles. The third-order valence-electron chi connectivity index (χ3n) is 6.98. The Morgan fingerprint density at radius 2 is 1.85 bits per heavy atom. The minimum atomic E-state index is -0.672. The molecule has 0 unspecified atom stereocenters. The van der Waals surface area contributed by atoms with E-state index in [2.05, 4.69) is 33.6 Å². The van der Waals surface area contributed by atoms with E-state index >= 15 is 0 Å². The molecular formula is C26H27N5O2. The molecule has 2 fully saturated rings. The fourth-order valence-corrected chi connectivity index (χ4v) is 4.67.